The molecular formula is C21H25ClO4S. The summed E-state index contributed by atoms with van der Waals surface area (Å²) in [7, 11) is -3.12. The lowest BCUT2D eigenvalue weighted by Gasteiger charge is -2.20. The normalized spacial score (nSPS) is 12.2. The second-order valence-corrected chi connectivity index (χ2v) is 10.4. The summed E-state index contributed by atoms with van der Waals surface area (Å²) in [6.07, 6.45) is 1.87. The molecule has 4 nitrogen and oxygen atoms in total. The van der Waals surface area contributed by atoms with Crippen molar-refractivity contribution in [2.75, 3.05) is 6.26 Å². The maximum Gasteiger partial charge on any atom is 0.163 e. The molecule has 146 valence electrons. The van der Waals surface area contributed by atoms with Gasteiger partial charge in [-0.05, 0) is 40.7 Å². The molecule has 2 aromatic rings. The number of benzene rings is 2. The molecule has 0 amide bonds. The number of rotatable bonds is 6. The van der Waals surface area contributed by atoms with Crippen LogP contribution in [0.2, 0.25) is 5.02 Å². The minimum atomic E-state index is -3.12. The number of carbonyl (C=O) groups excluding carboxylic acids is 1. The zero-order valence-electron chi connectivity index (χ0n) is 16.0. The Kier molecular flexibility index (Phi) is 6.38. The van der Waals surface area contributed by atoms with Gasteiger partial charge < -0.3 is 5.11 Å². The van der Waals surface area contributed by atoms with E-state index in [1.54, 1.807) is 30.3 Å². The van der Waals surface area contributed by atoms with E-state index >= 15 is 0 Å². The van der Waals surface area contributed by atoms with Crippen LogP contribution in [0.5, 0.6) is 5.75 Å². The Balaban J connectivity index is 2.08. The quantitative estimate of drug-likeness (QED) is 0.703. The highest BCUT2D eigenvalue weighted by molar-refractivity contribution is 7.89. The van der Waals surface area contributed by atoms with Crippen molar-refractivity contribution in [2.45, 2.75) is 44.8 Å². The summed E-state index contributed by atoms with van der Waals surface area (Å²) >= 11 is 6.24. The van der Waals surface area contributed by atoms with E-state index in [4.69, 9.17) is 11.6 Å². The van der Waals surface area contributed by atoms with Crippen LogP contribution in [0.1, 0.15) is 54.2 Å². The number of sulfone groups is 1. The van der Waals surface area contributed by atoms with Crippen molar-refractivity contribution in [2.24, 2.45) is 0 Å². The van der Waals surface area contributed by atoms with Crippen molar-refractivity contribution in [1.82, 2.24) is 0 Å². The van der Waals surface area contributed by atoms with Crippen molar-refractivity contribution in [3.8, 4) is 5.75 Å². The molecule has 0 spiro atoms. The molecule has 2 rings (SSSR count). The highest BCUT2D eigenvalue weighted by atomic mass is 35.5. The van der Waals surface area contributed by atoms with Crippen molar-refractivity contribution < 1.29 is 18.3 Å². The smallest absolute Gasteiger partial charge is 0.163 e. The van der Waals surface area contributed by atoms with Gasteiger partial charge in [0.15, 0.2) is 15.6 Å². The lowest BCUT2D eigenvalue weighted by atomic mass is 9.85. The summed E-state index contributed by atoms with van der Waals surface area (Å²) in [6.45, 7) is 6.00. The lowest BCUT2D eigenvalue weighted by molar-refractivity contribution is 0.0982. The minimum absolute atomic E-state index is 0.0642. The Morgan fingerprint density at radius 1 is 1.11 bits per heavy atom. The molecule has 0 unspecified atom stereocenters. The first kappa shape index (κ1) is 21.5. The van der Waals surface area contributed by atoms with Crippen LogP contribution in [-0.2, 0) is 27.4 Å². The number of Topliss-reactive ketones (excluding diaryl/α,β-unsaturated/α-hetero) is 1. The Morgan fingerprint density at radius 3 is 2.30 bits per heavy atom. The first-order chi connectivity index (χ1) is 12.4. The third kappa shape index (κ3) is 6.08. The molecule has 6 heteroatoms. The Labute approximate surface area is 166 Å². The molecule has 0 saturated heterocycles. The second kappa shape index (κ2) is 8.03. The highest BCUT2D eigenvalue weighted by Gasteiger charge is 2.19. The van der Waals surface area contributed by atoms with Crippen LogP contribution in [0.25, 0.3) is 0 Å². The molecule has 0 aliphatic rings. The number of carbonyl (C=O) groups is 1. The van der Waals surface area contributed by atoms with Crippen LogP contribution in [-0.4, -0.2) is 25.6 Å². The van der Waals surface area contributed by atoms with Gasteiger partial charge in [0.25, 0.3) is 0 Å². The monoisotopic (exact) mass is 408 g/mol. The van der Waals surface area contributed by atoms with Gasteiger partial charge in [-0.15, -0.1) is 0 Å². The summed E-state index contributed by atoms with van der Waals surface area (Å²) in [5, 5.41) is 10.7. The van der Waals surface area contributed by atoms with Crippen LogP contribution in [0.4, 0.5) is 0 Å². The van der Waals surface area contributed by atoms with Crippen molar-refractivity contribution in [3.63, 3.8) is 0 Å². The number of hydrogen-bond donors (Lipinski definition) is 1. The van der Waals surface area contributed by atoms with Crippen LogP contribution < -0.4 is 0 Å². The fourth-order valence-corrected chi connectivity index (χ4v) is 4.00. The average Bonchev–Trinajstić information content (AvgIpc) is 2.51. The summed E-state index contributed by atoms with van der Waals surface area (Å²) in [6, 6.07) is 10.1. The van der Waals surface area contributed by atoms with E-state index in [2.05, 4.69) is 0 Å². The van der Waals surface area contributed by atoms with Crippen molar-refractivity contribution in [3.05, 3.63) is 63.7 Å². The maximum atomic E-state index is 12.5. The molecule has 0 aliphatic carbocycles. The third-order valence-corrected chi connectivity index (χ3v) is 5.51. The molecular weight excluding hydrogens is 384 g/mol. The number of phenols is 1. The number of aromatic hydroxyl groups is 1. The van der Waals surface area contributed by atoms with Crippen LogP contribution in [0.3, 0.4) is 0 Å². The Bertz CT molecular complexity index is 957. The van der Waals surface area contributed by atoms with Gasteiger partial charge in [0.05, 0.1) is 5.75 Å². The first-order valence-electron chi connectivity index (χ1n) is 8.68. The molecule has 0 saturated carbocycles. The van der Waals surface area contributed by atoms with E-state index in [1.165, 1.54) is 12.3 Å². The molecule has 0 heterocycles. The number of halogens is 1. The fraction of sp³-hybridized carbons (Fsp3) is 0.381. The lowest BCUT2D eigenvalue weighted by Crippen LogP contribution is -2.12. The molecule has 0 radical (unpaired) electrons. The van der Waals surface area contributed by atoms with E-state index in [1.807, 2.05) is 20.8 Å². The molecule has 27 heavy (non-hydrogen) atoms. The fourth-order valence-electron chi connectivity index (χ4n) is 2.92. The number of hydrogen-bond acceptors (Lipinski definition) is 4. The van der Waals surface area contributed by atoms with Crippen molar-refractivity contribution in [1.29, 1.82) is 0 Å². The summed E-state index contributed by atoms with van der Waals surface area (Å²) in [5.41, 5.74) is 2.47. The number of ketones is 1. The maximum absolute atomic E-state index is 12.5. The molecule has 0 aliphatic heterocycles. The zero-order chi connectivity index (χ0) is 20.4. The summed E-state index contributed by atoms with van der Waals surface area (Å²) in [5.74, 6) is -0.0238. The van der Waals surface area contributed by atoms with Crippen molar-refractivity contribution >= 4 is 27.2 Å². The van der Waals surface area contributed by atoms with Gasteiger partial charge in [0.2, 0.25) is 0 Å². The van der Waals surface area contributed by atoms with Gasteiger partial charge in [0, 0.05) is 23.3 Å². The molecule has 0 aromatic heterocycles. The number of aryl methyl sites for hydroxylation is 1. The third-order valence-electron chi connectivity index (χ3n) is 4.30. The van der Waals surface area contributed by atoms with Crippen LogP contribution >= 0.6 is 11.6 Å². The minimum Gasteiger partial charge on any atom is -0.508 e. The van der Waals surface area contributed by atoms with E-state index in [9.17, 15) is 18.3 Å². The molecule has 0 atom stereocenters. The number of phenolic OH excluding ortho intramolecular Hbond substituents is 1. The molecule has 0 bridgehead atoms. The predicted octanol–water partition coefficient (Wildman–Crippen LogP) is 4.70. The Hall–Kier alpha value is -1.85. The van der Waals surface area contributed by atoms with Gasteiger partial charge in [-0.25, -0.2) is 8.42 Å². The van der Waals surface area contributed by atoms with Gasteiger partial charge in [-0.1, -0.05) is 56.6 Å². The average molecular weight is 409 g/mol. The predicted molar refractivity (Wildman–Crippen MR) is 109 cm³/mol. The topological polar surface area (TPSA) is 71.4 Å². The van der Waals surface area contributed by atoms with Gasteiger partial charge in [0.1, 0.15) is 5.75 Å². The summed E-state index contributed by atoms with van der Waals surface area (Å²) in [4.78, 5) is 12.5. The van der Waals surface area contributed by atoms with Gasteiger partial charge in [-0.3, -0.25) is 4.79 Å². The van der Waals surface area contributed by atoms with Gasteiger partial charge >= 0.3 is 0 Å². The first-order valence-corrected chi connectivity index (χ1v) is 11.1. The molecule has 0 fully saturated rings. The largest absolute Gasteiger partial charge is 0.508 e. The van der Waals surface area contributed by atoms with Crippen LogP contribution in [0.15, 0.2) is 36.4 Å². The standard InChI is InChI=1S/C21H25ClO4S/c1-21(2,3)17-9-7-16(12-20(17)24)19(23)10-8-15-6-5-14(11-18(15)22)13-27(4,25)26/h5-7,9,11-12,24H,8,10,13H2,1-4H3. The van der Waals surface area contributed by atoms with E-state index in [0.717, 1.165) is 11.1 Å². The van der Waals surface area contributed by atoms with Gasteiger partial charge in [-0.2, -0.15) is 0 Å². The SMILES string of the molecule is CC(C)(C)c1ccc(C(=O)CCc2ccc(CS(C)(=O)=O)cc2Cl)cc1O. The molecule has 2 aromatic carbocycles. The van der Waals surface area contributed by atoms with E-state index in [-0.39, 0.29) is 29.1 Å². The van der Waals surface area contributed by atoms with E-state index < -0.39 is 9.84 Å². The zero-order valence-corrected chi connectivity index (χ0v) is 17.6. The van der Waals surface area contributed by atoms with E-state index in [0.29, 0.717) is 22.6 Å². The second-order valence-electron chi connectivity index (χ2n) is 7.90. The molecule has 1 N–H and O–H groups in total. The highest BCUT2D eigenvalue weighted by Crippen LogP contribution is 2.31. The Morgan fingerprint density at radius 2 is 1.78 bits per heavy atom. The van der Waals surface area contributed by atoms with Crippen LogP contribution in [0, 0.1) is 0 Å². The summed E-state index contributed by atoms with van der Waals surface area (Å²) < 4.78 is 22.7.